The Morgan fingerprint density at radius 1 is 1.09 bits per heavy atom. The number of nitrogens with zero attached hydrogens (tertiary/aromatic N) is 3. The van der Waals surface area contributed by atoms with Gasteiger partial charge in [-0.3, -0.25) is 9.36 Å². The van der Waals surface area contributed by atoms with Crippen LogP contribution in [0, 0.1) is 6.92 Å². The van der Waals surface area contributed by atoms with E-state index in [1.807, 2.05) is 54.8 Å². The van der Waals surface area contributed by atoms with Crippen LogP contribution in [0.4, 0.5) is 5.69 Å². The molecule has 0 fully saturated rings. The molecule has 0 bridgehead atoms. The maximum absolute atomic E-state index is 12.9. The quantitative estimate of drug-likeness (QED) is 0.328. The van der Waals surface area contributed by atoms with Gasteiger partial charge in [-0.15, -0.1) is 10.2 Å². The molecule has 9 nitrogen and oxygen atoms in total. The van der Waals surface area contributed by atoms with Crippen molar-refractivity contribution in [2.45, 2.75) is 24.3 Å². The summed E-state index contributed by atoms with van der Waals surface area (Å²) >= 11 is 1.31. The van der Waals surface area contributed by atoms with E-state index in [9.17, 15) is 9.59 Å². The van der Waals surface area contributed by atoms with Gasteiger partial charge in [0.2, 0.25) is 5.91 Å². The van der Waals surface area contributed by atoms with Gasteiger partial charge in [-0.05, 0) is 50.2 Å². The maximum atomic E-state index is 12.9. The van der Waals surface area contributed by atoms with Crippen molar-refractivity contribution >= 4 is 34.4 Å². The van der Waals surface area contributed by atoms with Crippen LogP contribution in [0.25, 0.3) is 28.1 Å². The molecule has 1 atom stereocenters. The van der Waals surface area contributed by atoms with Gasteiger partial charge in [-0.2, -0.15) is 0 Å². The second kappa shape index (κ2) is 8.47. The van der Waals surface area contributed by atoms with E-state index in [1.165, 1.54) is 11.8 Å². The first-order valence-corrected chi connectivity index (χ1v) is 11.1. The third-order valence-corrected chi connectivity index (χ3v) is 6.23. The number of para-hydroxylation sites is 1. The highest BCUT2D eigenvalue weighted by molar-refractivity contribution is 8.00. The van der Waals surface area contributed by atoms with Crippen molar-refractivity contribution in [1.29, 1.82) is 0 Å². The van der Waals surface area contributed by atoms with Gasteiger partial charge < -0.3 is 19.7 Å². The summed E-state index contributed by atoms with van der Waals surface area (Å²) in [5, 5.41) is 11.8. The van der Waals surface area contributed by atoms with Crippen LogP contribution in [0.1, 0.15) is 12.7 Å². The van der Waals surface area contributed by atoms with Crippen LogP contribution in [-0.4, -0.2) is 35.9 Å². The number of furan rings is 1. The molecule has 10 heteroatoms. The summed E-state index contributed by atoms with van der Waals surface area (Å²) in [5.41, 5.74) is 3.33. The van der Waals surface area contributed by atoms with Crippen molar-refractivity contribution in [1.82, 2.24) is 24.7 Å². The molecule has 0 aliphatic heterocycles. The number of amides is 1. The molecular formula is C23H20N6O3S. The molecule has 0 saturated heterocycles. The van der Waals surface area contributed by atoms with Crippen LogP contribution in [0.3, 0.4) is 0 Å². The lowest BCUT2D eigenvalue weighted by molar-refractivity contribution is -0.115. The minimum absolute atomic E-state index is 0.194. The highest BCUT2D eigenvalue weighted by Crippen LogP contribution is 2.32. The lowest BCUT2D eigenvalue weighted by atomic mass is 10.2. The van der Waals surface area contributed by atoms with Gasteiger partial charge >= 0.3 is 5.69 Å². The first-order chi connectivity index (χ1) is 16.0. The van der Waals surface area contributed by atoms with E-state index < -0.39 is 5.25 Å². The van der Waals surface area contributed by atoms with E-state index in [4.69, 9.17) is 4.42 Å². The molecule has 3 N–H and O–H groups in total. The van der Waals surface area contributed by atoms with Crippen LogP contribution >= 0.6 is 11.8 Å². The second-order valence-corrected chi connectivity index (χ2v) is 8.76. The maximum Gasteiger partial charge on any atom is 0.323 e. The SMILES string of the molecule is Cc1occc1-c1nnc(SC(C)C(=O)Nc2ccc3[nH]c(=O)[nH]c3c2)n1-c1ccccc1. The number of aromatic nitrogens is 5. The number of carbonyl (C=O) groups is 1. The summed E-state index contributed by atoms with van der Waals surface area (Å²) in [6.45, 7) is 3.68. The zero-order valence-electron chi connectivity index (χ0n) is 17.8. The predicted octanol–water partition coefficient (Wildman–Crippen LogP) is 4.12. The Morgan fingerprint density at radius 2 is 1.88 bits per heavy atom. The van der Waals surface area contributed by atoms with Crippen LogP contribution < -0.4 is 11.0 Å². The minimum atomic E-state index is -0.462. The molecule has 0 aliphatic rings. The summed E-state index contributed by atoms with van der Waals surface area (Å²) in [7, 11) is 0. The molecule has 5 aromatic rings. The summed E-state index contributed by atoms with van der Waals surface area (Å²) in [4.78, 5) is 29.8. The lowest BCUT2D eigenvalue weighted by Gasteiger charge is -2.14. The third-order valence-electron chi connectivity index (χ3n) is 5.18. The van der Waals surface area contributed by atoms with Gasteiger partial charge in [-0.25, -0.2) is 4.79 Å². The molecule has 0 radical (unpaired) electrons. The average Bonchev–Trinajstić information content (AvgIpc) is 3.51. The number of imidazole rings is 1. The third kappa shape index (κ3) is 4.08. The number of fused-ring (bicyclic) bond motifs is 1. The summed E-state index contributed by atoms with van der Waals surface area (Å²) in [6.07, 6.45) is 1.62. The second-order valence-electron chi connectivity index (χ2n) is 7.46. The predicted molar refractivity (Wildman–Crippen MR) is 127 cm³/mol. The fourth-order valence-electron chi connectivity index (χ4n) is 3.51. The summed E-state index contributed by atoms with van der Waals surface area (Å²) in [6, 6.07) is 16.8. The monoisotopic (exact) mass is 460 g/mol. The molecule has 1 amide bonds. The minimum Gasteiger partial charge on any atom is -0.469 e. The highest BCUT2D eigenvalue weighted by atomic mass is 32.2. The Balaban J connectivity index is 1.42. The number of aromatic amines is 2. The van der Waals surface area contributed by atoms with Crippen LogP contribution in [0.2, 0.25) is 0 Å². The largest absolute Gasteiger partial charge is 0.469 e. The molecule has 3 aromatic heterocycles. The van der Waals surface area contributed by atoms with Crippen LogP contribution in [0.5, 0.6) is 0 Å². The van der Waals surface area contributed by atoms with Crippen molar-refractivity contribution in [2.75, 3.05) is 5.32 Å². The van der Waals surface area contributed by atoms with Gasteiger partial charge in [0.1, 0.15) is 5.76 Å². The molecule has 0 saturated carbocycles. The Hall–Kier alpha value is -4.05. The van der Waals surface area contributed by atoms with E-state index in [1.54, 1.807) is 24.5 Å². The summed E-state index contributed by atoms with van der Waals surface area (Å²) in [5.74, 6) is 1.19. The van der Waals surface area contributed by atoms with Crippen molar-refractivity contribution < 1.29 is 9.21 Å². The average molecular weight is 461 g/mol. The standard InChI is InChI=1S/C23H20N6O3S/c1-13-17(10-11-32-13)20-27-28-23(29(20)16-6-4-3-5-7-16)33-14(2)21(30)24-15-8-9-18-19(12-15)26-22(31)25-18/h3-12,14H,1-2H3,(H,24,30)(H2,25,26,31). The first-order valence-electron chi connectivity index (χ1n) is 10.2. The highest BCUT2D eigenvalue weighted by Gasteiger charge is 2.23. The van der Waals surface area contributed by atoms with E-state index in [2.05, 4.69) is 25.5 Å². The Bertz CT molecular complexity index is 1500. The number of nitrogens with one attached hydrogen (secondary N) is 3. The molecule has 2 aromatic carbocycles. The van der Waals surface area contributed by atoms with E-state index in [-0.39, 0.29) is 11.6 Å². The van der Waals surface area contributed by atoms with E-state index in [0.29, 0.717) is 27.7 Å². The number of hydrogen-bond acceptors (Lipinski definition) is 6. The number of benzene rings is 2. The first kappa shape index (κ1) is 20.8. The number of anilines is 1. The van der Waals surface area contributed by atoms with Crippen LogP contribution in [-0.2, 0) is 4.79 Å². The molecule has 166 valence electrons. The fraction of sp³-hybridized carbons (Fsp3) is 0.130. The van der Waals surface area contributed by atoms with Crippen molar-refractivity contribution in [3.63, 3.8) is 0 Å². The molecule has 5 rings (SSSR count). The Labute approximate surface area is 192 Å². The van der Waals surface area contributed by atoms with Crippen molar-refractivity contribution in [2.24, 2.45) is 0 Å². The van der Waals surface area contributed by atoms with Gasteiger partial charge in [-0.1, -0.05) is 30.0 Å². The number of H-pyrrole nitrogens is 2. The van der Waals surface area contributed by atoms with Gasteiger partial charge in [0, 0.05) is 11.4 Å². The number of thioether (sulfide) groups is 1. The zero-order chi connectivity index (χ0) is 22.9. The molecule has 0 spiro atoms. The molecular weight excluding hydrogens is 440 g/mol. The summed E-state index contributed by atoms with van der Waals surface area (Å²) < 4.78 is 7.38. The molecule has 1 unspecified atom stereocenters. The zero-order valence-corrected chi connectivity index (χ0v) is 18.6. The van der Waals surface area contributed by atoms with Crippen molar-refractivity contribution in [3.8, 4) is 17.1 Å². The molecule has 3 heterocycles. The Kier molecular flexibility index (Phi) is 5.35. The molecule has 33 heavy (non-hydrogen) atoms. The normalized spacial score (nSPS) is 12.2. The fourth-order valence-corrected chi connectivity index (χ4v) is 4.38. The molecule has 0 aliphatic carbocycles. The number of hydrogen-bond donors (Lipinski definition) is 3. The smallest absolute Gasteiger partial charge is 0.323 e. The van der Waals surface area contributed by atoms with E-state index in [0.717, 1.165) is 17.0 Å². The van der Waals surface area contributed by atoms with Gasteiger partial charge in [0.15, 0.2) is 11.0 Å². The number of rotatable bonds is 6. The van der Waals surface area contributed by atoms with Crippen molar-refractivity contribution in [3.05, 3.63) is 77.1 Å². The van der Waals surface area contributed by atoms with Gasteiger partial charge in [0.05, 0.1) is 28.1 Å². The Morgan fingerprint density at radius 3 is 2.64 bits per heavy atom. The van der Waals surface area contributed by atoms with Crippen LogP contribution in [0.15, 0.2) is 75.2 Å². The van der Waals surface area contributed by atoms with E-state index >= 15 is 0 Å². The topological polar surface area (TPSA) is 122 Å². The lowest BCUT2D eigenvalue weighted by Crippen LogP contribution is -2.22. The number of carbonyl (C=O) groups excluding carboxylic acids is 1. The van der Waals surface area contributed by atoms with Gasteiger partial charge in [0.25, 0.3) is 0 Å². The number of aryl methyl sites for hydroxylation is 1.